The van der Waals surface area contributed by atoms with Crippen molar-refractivity contribution in [2.24, 2.45) is 11.1 Å². The largest absolute Gasteiger partial charge is 0.329 e. The monoisotopic (exact) mass is 260 g/mol. The summed E-state index contributed by atoms with van der Waals surface area (Å²) in [5, 5.41) is 6.75. The van der Waals surface area contributed by atoms with Crippen LogP contribution in [-0.4, -0.2) is 32.2 Å². The zero-order chi connectivity index (χ0) is 13.9. The van der Waals surface area contributed by atoms with Gasteiger partial charge in [0.2, 0.25) is 5.91 Å². The van der Waals surface area contributed by atoms with Gasteiger partial charge in [0.25, 0.3) is 0 Å². The van der Waals surface area contributed by atoms with E-state index in [1.54, 1.807) is 38.5 Å². The Balaban J connectivity index is 2.10. The lowest BCUT2D eigenvalue weighted by Gasteiger charge is -2.21. The standard InChI is InChI=1S/C12H16N6O/c1-12(2,6-13)11(19)17-9-3-4-10(15-5-9)18-8-14-7-16-18/h3-5,7-8H,6,13H2,1-2H3,(H,17,19). The fraction of sp³-hybridized carbons (Fsp3) is 0.333. The van der Waals surface area contributed by atoms with E-state index in [1.165, 1.54) is 11.0 Å². The van der Waals surface area contributed by atoms with Crippen molar-refractivity contribution in [3.8, 4) is 5.82 Å². The van der Waals surface area contributed by atoms with Crippen LogP contribution in [0.5, 0.6) is 0 Å². The summed E-state index contributed by atoms with van der Waals surface area (Å²) in [5.41, 5.74) is 5.57. The predicted octanol–water partition coefficient (Wildman–Crippen LogP) is 0.586. The lowest BCUT2D eigenvalue weighted by atomic mass is 9.92. The van der Waals surface area contributed by atoms with E-state index in [2.05, 4.69) is 20.4 Å². The number of nitrogens with one attached hydrogen (secondary N) is 1. The maximum atomic E-state index is 11.9. The molecule has 2 aromatic rings. The molecule has 100 valence electrons. The first-order valence-electron chi connectivity index (χ1n) is 5.85. The first kappa shape index (κ1) is 13.2. The Morgan fingerprint density at radius 2 is 2.26 bits per heavy atom. The molecule has 0 radical (unpaired) electrons. The summed E-state index contributed by atoms with van der Waals surface area (Å²) in [5.74, 6) is 0.499. The van der Waals surface area contributed by atoms with E-state index in [0.717, 1.165) is 0 Å². The van der Waals surface area contributed by atoms with Crippen molar-refractivity contribution >= 4 is 11.6 Å². The van der Waals surface area contributed by atoms with Gasteiger partial charge in [-0.3, -0.25) is 4.79 Å². The lowest BCUT2D eigenvalue weighted by molar-refractivity contribution is -0.123. The van der Waals surface area contributed by atoms with E-state index in [0.29, 0.717) is 11.5 Å². The molecule has 19 heavy (non-hydrogen) atoms. The molecule has 7 heteroatoms. The molecule has 7 nitrogen and oxygen atoms in total. The number of nitrogens with zero attached hydrogens (tertiary/aromatic N) is 4. The van der Waals surface area contributed by atoms with E-state index < -0.39 is 5.41 Å². The number of carbonyl (C=O) groups is 1. The van der Waals surface area contributed by atoms with Crippen LogP contribution in [-0.2, 0) is 4.79 Å². The summed E-state index contributed by atoms with van der Waals surface area (Å²) in [7, 11) is 0. The van der Waals surface area contributed by atoms with Gasteiger partial charge >= 0.3 is 0 Å². The first-order valence-corrected chi connectivity index (χ1v) is 5.85. The first-order chi connectivity index (χ1) is 9.03. The molecule has 2 heterocycles. The zero-order valence-corrected chi connectivity index (χ0v) is 10.9. The summed E-state index contributed by atoms with van der Waals surface area (Å²) >= 11 is 0. The van der Waals surface area contributed by atoms with Crippen LogP contribution < -0.4 is 11.1 Å². The summed E-state index contributed by atoms with van der Waals surface area (Å²) in [6.45, 7) is 3.86. The van der Waals surface area contributed by atoms with Crippen LogP contribution in [0.4, 0.5) is 5.69 Å². The number of amides is 1. The Kier molecular flexibility index (Phi) is 3.57. The lowest BCUT2D eigenvalue weighted by Crippen LogP contribution is -2.37. The molecule has 3 N–H and O–H groups in total. The molecule has 0 unspecified atom stereocenters. The highest BCUT2D eigenvalue weighted by atomic mass is 16.2. The number of aromatic nitrogens is 4. The summed E-state index contributed by atoms with van der Waals surface area (Å²) in [6.07, 6.45) is 4.56. The molecular weight excluding hydrogens is 244 g/mol. The molecule has 0 saturated heterocycles. The van der Waals surface area contributed by atoms with Crippen LogP contribution in [0.2, 0.25) is 0 Å². The molecule has 0 fully saturated rings. The van der Waals surface area contributed by atoms with Gasteiger partial charge in [0.15, 0.2) is 5.82 Å². The van der Waals surface area contributed by atoms with Crippen LogP contribution >= 0.6 is 0 Å². The number of rotatable bonds is 4. The summed E-state index contributed by atoms with van der Waals surface area (Å²) < 4.78 is 1.54. The summed E-state index contributed by atoms with van der Waals surface area (Å²) in [6, 6.07) is 3.51. The normalized spacial score (nSPS) is 11.3. The van der Waals surface area contributed by atoms with E-state index >= 15 is 0 Å². The molecule has 0 saturated carbocycles. The van der Waals surface area contributed by atoms with Gasteiger partial charge in [-0.05, 0) is 26.0 Å². The van der Waals surface area contributed by atoms with Gasteiger partial charge in [0.05, 0.1) is 17.3 Å². The SMILES string of the molecule is CC(C)(CN)C(=O)Nc1ccc(-n2cncn2)nc1. The number of hydrogen-bond acceptors (Lipinski definition) is 5. The highest BCUT2D eigenvalue weighted by Crippen LogP contribution is 2.17. The third-order valence-corrected chi connectivity index (χ3v) is 2.78. The number of pyridine rings is 1. The van der Waals surface area contributed by atoms with Crippen molar-refractivity contribution in [2.45, 2.75) is 13.8 Å². The minimum Gasteiger partial charge on any atom is -0.329 e. The average molecular weight is 260 g/mol. The van der Waals surface area contributed by atoms with Gasteiger partial charge < -0.3 is 11.1 Å². The molecule has 0 spiro atoms. The Morgan fingerprint density at radius 1 is 1.47 bits per heavy atom. The van der Waals surface area contributed by atoms with Gasteiger partial charge in [-0.1, -0.05) is 0 Å². The van der Waals surface area contributed by atoms with Gasteiger partial charge in [-0.2, -0.15) is 5.10 Å². The predicted molar refractivity (Wildman–Crippen MR) is 70.6 cm³/mol. The molecule has 0 aliphatic carbocycles. The zero-order valence-electron chi connectivity index (χ0n) is 10.9. The van der Waals surface area contributed by atoms with Gasteiger partial charge in [-0.15, -0.1) is 0 Å². The number of carbonyl (C=O) groups excluding carboxylic acids is 1. The van der Waals surface area contributed by atoms with E-state index in [-0.39, 0.29) is 12.5 Å². The van der Waals surface area contributed by atoms with E-state index in [9.17, 15) is 4.79 Å². The van der Waals surface area contributed by atoms with Crippen molar-refractivity contribution in [3.63, 3.8) is 0 Å². The molecule has 0 aliphatic rings. The smallest absolute Gasteiger partial charge is 0.231 e. The van der Waals surface area contributed by atoms with Crippen molar-refractivity contribution in [3.05, 3.63) is 31.0 Å². The van der Waals surface area contributed by atoms with E-state index in [4.69, 9.17) is 5.73 Å². The molecule has 0 aliphatic heterocycles. The van der Waals surface area contributed by atoms with Gasteiger partial charge in [-0.25, -0.2) is 14.6 Å². The Hall–Kier alpha value is -2.28. The Morgan fingerprint density at radius 3 is 2.79 bits per heavy atom. The third kappa shape index (κ3) is 2.94. The van der Waals surface area contributed by atoms with Crippen molar-refractivity contribution in [1.82, 2.24) is 19.7 Å². The Labute approximate surface area is 110 Å². The molecular formula is C12H16N6O. The fourth-order valence-electron chi connectivity index (χ4n) is 1.32. The molecule has 2 rings (SSSR count). The fourth-order valence-corrected chi connectivity index (χ4v) is 1.32. The number of anilines is 1. The highest BCUT2D eigenvalue weighted by Gasteiger charge is 2.25. The molecule has 2 aromatic heterocycles. The minimum absolute atomic E-state index is 0.134. The summed E-state index contributed by atoms with van der Waals surface area (Å²) in [4.78, 5) is 20.0. The highest BCUT2D eigenvalue weighted by molar-refractivity contribution is 5.94. The third-order valence-electron chi connectivity index (χ3n) is 2.78. The second-order valence-electron chi connectivity index (χ2n) is 4.79. The van der Waals surface area contributed by atoms with Crippen LogP contribution in [0.25, 0.3) is 5.82 Å². The topological polar surface area (TPSA) is 98.7 Å². The van der Waals surface area contributed by atoms with Gasteiger partial charge in [0, 0.05) is 6.54 Å². The molecule has 0 bridgehead atoms. The van der Waals surface area contributed by atoms with Crippen LogP contribution in [0, 0.1) is 5.41 Å². The average Bonchev–Trinajstić information content (AvgIpc) is 2.93. The van der Waals surface area contributed by atoms with Crippen molar-refractivity contribution < 1.29 is 4.79 Å². The second kappa shape index (κ2) is 5.15. The maximum absolute atomic E-state index is 11.9. The van der Waals surface area contributed by atoms with Crippen LogP contribution in [0.3, 0.4) is 0 Å². The van der Waals surface area contributed by atoms with Crippen molar-refractivity contribution in [2.75, 3.05) is 11.9 Å². The quantitative estimate of drug-likeness (QED) is 0.838. The van der Waals surface area contributed by atoms with E-state index in [1.807, 2.05) is 0 Å². The molecule has 0 aromatic carbocycles. The number of nitrogens with two attached hydrogens (primary N) is 1. The van der Waals surface area contributed by atoms with Crippen molar-refractivity contribution in [1.29, 1.82) is 0 Å². The second-order valence-corrected chi connectivity index (χ2v) is 4.79. The Bertz CT molecular complexity index is 546. The minimum atomic E-state index is -0.607. The maximum Gasteiger partial charge on any atom is 0.231 e. The van der Waals surface area contributed by atoms with Gasteiger partial charge in [0.1, 0.15) is 12.7 Å². The number of hydrogen-bond donors (Lipinski definition) is 2. The van der Waals surface area contributed by atoms with Crippen LogP contribution in [0.1, 0.15) is 13.8 Å². The molecule has 1 amide bonds. The van der Waals surface area contributed by atoms with Crippen LogP contribution in [0.15, 0.2) is 31.0 Å². The molecule has 0 atom stereocenters.